The van der Waals surface area contributed by atoms with Crippen molar-refractivity contribution in [2.75, 3.05) is 5.43 Å². The van der Waals surface area contributed by atoms with Crippen LogP contribution >= 0.6 is 0 Å². The fourth-order valence-electron chi connectivity index (χ4n) is 1.43. The molecule has 0 amide bonds. The third kappa shape index (κ3) is 3.20. The first-order valence-corrected chi connectivity index (χ1v) is 6.61. The zero-order valence-corrected chi connectivity index (χ0v) is 10.6. The molecule has 0 aliphatic carbocycles. The molecule has 9 heteroatoms. The van der Waals surface area contributed by atoms with Gasteiger partial charge >= 0.3 is 0 Å². The number of nitrogens with one attached hydrogen (secondary N) is 2. The highest BCUT2D eigenvalue weighted by Gasteiger charge is 2.13. The Morgan fingerprint density at radius 2 is 2.21 bits per heavy atom. The molecule has 0 radical (unpaired) electrons. The largest absolute Gasteiger partial charge is 0.294 e. The van der Waals surface area contributed by atoms with Crippen LogP contribution in [0.3, 0.4) is 0 Å². The molecule has 3 N–H and O–H groups in total. The molecule has 0 unspecified atom stereocenters. The van der Waals surface area contributed by atoms with Gasteiger partial charge in [-0.1, -0.05) is 0 Å². The lowest BCUT2D eigenvalue weighted by molar-refractivity contribution is 0.239. The summed E-state index contributed by atoms with van der Waals surface area (Å²) in [6, 6.07) is 3.95. The first kappa shape index (κ1) is 13.3. The predicted octanol–water partition coefficient (Wildman–Crippen LogP) is 1.19. The molecule has 1 heterocycles. The van der Waals surface area contributed by atoms with E-state index in [9.17, 15) is 12.8 Å². The molecule has 0 spiro atoms. The molecule has 0 saturated heterocycles. The molecule has 19 heavy (non-hydrogen) atoms. The summed E-state index contributed by atoms with van der Waals surface area (Å²) in [5.41, 5.74) is 6.06. The van der Waals surface area contributed by atoms with Gasteiger partial charge in [0, 0.05) is 6.08 Å². The lowest BCUT2D eigenvalue weighted by Crippen LogP contribution is -2.38. The number of hydrogen-bond acceptors (Lipinski definition) is 6. The van der Waals surface area contributed by atoms with Crippen molar-refractivity contribution in [1.29, 1.82) is 0 Å². The van der Waals surface area contributed by atoms with E-state index in [2.05, 4.69) is 16.0 Å². The topological polar surface area (TPSA) is 94.0 Å². The number of benzene rings is 1. The molecule has 1 aliphatic heterocycles. The summed E-state index contributed by atoms with van der Waals surface area (Å²) in [4.78, 5) is -0.211. The van der Waals surface area contributed by atoms with E-state index in [1.165, 1.54) is 24.4 Å². The zero-order chi connectivity index (χ0) is 14.0. The lowest BCUT2D eigenvalue weighted by Gasteiger charge is -2.23. The Kier molecular flexibility index (Phi) is 3.40. The smallest absolute Gasteiger partial charge is 0.282 e. The van der Waals surface area contributed by atoms with Crippen LogP contribution in [0.2, 0.25) is 0 Å². The van der Waals surface area contributed by atoms with Crippen LogP contribution in [0, 0.1) is 6.92 Å². The number of allylic oxidation sites excluding steroid dienone is 1. The van der Waals surface area contributed by atoms with Crippen molar-refractivity contribution in [2.24, 2.45) is 5.10 Å². The monoisotopic (exact) mass is 286 g/mol. The summed E-state index contributed by atoms with van der Waals surface area (Å²) in [6.45, 7) is 1.64. The van der Waals surface area contributed by atoms with Gasteiger partial charge in [0.2, 0.25) is 5.95 Å². The maximum absolute atomic E-state index is 12.9. The van der Waals surface area contributed by atoms with Crippen LogP contribution in [0.4, 0.5) is 10.1 Å². The Labute approximate surface area is 109 Å². The molecule has 0 bridgehead atoms. The molecule has 102 valence electrons. The van der Waals surface area contributed by atoms with Gasteiger partial charge in [0.25, 0.3) is 10.1 Å². The molecular weight excluding hydrogens is 275 g/mol. The third-order valence-electron chi connectivity index (χ3n) is 2.34. The number of anilines is 1. The number of hydrazine groups is 2. The summed E-state index contributed by atoms with van der Waals surface area (Å²) >= 11 is 0. The number of nitrogens with zero attached hydrogens (tertiary/aromatic N) is 2. The average molecular weight is 286 g/mol. The second-order valence-electron chi connectivity index (χ2n) is 3.77. The Bertz CT molecular complexity index is 657. The van der Waals surface area contributed by atoms with E-state index in [4.69, 9.17) is 4.55 Å². The highest BCUT2D eigenvalue weighted by atomic mass is 32.2. The normalized spacial score (nSPS) is 14.9. The summed E-state index contributed by atoms with van der Waals surface area (Å²) in [7, 11) is -4.24. The molecule has 2 rings (SSSR count). The standard InChI is InChI=1S/C10H11FN4O3S/c1-7-6-8(19(16,17)18)2-3-9(7)13-15-12-5-4-10(11)14-15/h2-6,13-14H,1H3,(H,16,17,18). The highest BCUT2D eigenvalue weighted by molar-refractivity contribution is 7.85. The van der Waals surface area contributed by atoms with Crippen molar-refractivity contribution in [3.8, 4) is 0 Å². The molecule has 0 aromatic heterocycles. The fourth-order valence-corrected chi connectivity index (χ4v) is 1.99. The molecule has 1 aromatic rings. The predicted molar refractivity (Wildman–Crippen MR) is 67.3 cm³/mol. The molecular formula is C10H11FN4O3S. The molecule has 0 atom stereocenters. The second kappa shape index (κ2) is 4.86. The van der Waals surface area contributed by atoms with Crippen molar-refractivity contribution < 1.29 is 17.4 Å². The number of hydrazone groups is 1. The van der Waals surface area contributed by atoms with Crippen LogP contribution < -0.4 is 10.9 Å². The summed E-state index contributed by atoms with van der Waals surface area (Å²) in [5, 5.41) is 4.82. The van der Waals surface area contributed by atoms with Gasteiger partial charge < -0.3 is 0 Å². The summed E-state index contributed by atoms with van der Waals surface area (Å²) in [6.07, 6.45) is 2.40. The van der Waals surface area contributed by atoms with E-state index in [0.717, 1.165) is 11.3 Å². The minimum absolute atomic E-state index is 0.211. The van der Waals surface area contributed by atoms with E-state index in [1.807, 2.05) is 0 Å². The van der Waals surface area contributed by atoms with Crippen molar-refractivity contribution in [2.45, 2.75) is 11.8 Å². The minimum Gasteiger partial charge on any atom is -0.282 e. The van der Waals surface area contributed by atoms with E-state index in [1.54, 1.807) is 6.92 Å². The number of rotatable bonds is 3. The van der Waals surface area contributed by atoms with Crippen LogP contribution in [0.1, 0.15) is 5.56 Å². The Balaban J connectivity index is 2.19. The van der Waals surface area contributed by atoms with Gasteiger partial charge in [0.1, 0.15) is 0 Å². The zero-order valence-electron chi connectivity index (χ0n) is 9.83. The molecule has 0 saturated carbocycles. The Morgan fingerprint density at radius 1 is 1.47 bits per heavy atom. The van der Waals surface area contributed by atoms with Crippen molar-refractivity contribution >= 4 is 22.0 Å². The van der Waals surface area contributed by atoms with Crippen LogP contribution in [0.25, 0.3) is 0 Å². The van der Waals surface area contributed by atoms with Gasteiger partial charge in [-0.05, 0) is 30.7 Å². The van der Waals surface area contributed by atoms with Crippen molar-refractivity contribution in [1.82, 2.24) is 10.7 Å². The van der Waals surface area contributed by atoms with Crippen LogP contribution in [0.15, 0.2) is 40.2 Å². The fraction of sp³-hybridized carbons (Fsp3) is 0.100. The van der Waals surface area contributed by atoms with Crippen molar-refractivity contribution in [3.05, 3.63) is 35.8 Å². The van der Waals surface area contributed by atoms with Crippen LogP contribution in [0.5, 0.6) is 0 Å². The quantitative estimate of drug-likeness (QED) is 0.571. The first-order chi connectivity index (χ1) is 8.86. The highest BCUT2D eigenvalue weighted by Crippen LogP contribution is 2.20. The van der Waals surface area contributed by atoms with Gasteiger partial charge in [0.05, 0.1) is 16.8 Å². The van der Waals surface area contributed by atoms with E-state index < -0.39 is 16.1 Å². The van der Waals surface area contributed by atoms with E-state index in [0.29, 0.717) is 11.3 Å². The molecule has 1 aliphatic rings. The number of halogens is 1. The summed E-state index contributed by atoms with van der Waals surface area (Å²) < 4.78 is 43.8. The average Bonchev–Trinajstić information content (AvgIpc) is 2.30. The van der Waals surface area contributed by atoms with E-state index in [-0.39, 0.29) is 4.90 Å². The van der Waals surface area contributed by atoms with Gasteiger partial charge in [-0.15, -0.1) is 10.3 Å². The SMILES string of the molecule is Cc1cc(S(=O)(=O)O)ccc1NN1N=CC=C(F)N1. The van der Waals surface area contributed by atoms with Gasteiger partial charge in [-0.3, -0.25) is 9.98 Å². The number of aryl methyl sites for hydroxylation is 1. The summed E-state index contributed by atoms with van der Waals surface area (Å²) in [5.74, 6) is -0.588. The van der Waals surface area contributed by atoms with Gasteiger partial charge in [0.15, 0.2) is 0 Å². The van der Waals surface area contributed by atoms with Crippen LogP contribution in [-0.4, -0.2) is 24.4 Å². The number of hydrogen-bond donors (Lipinski definition) is 3. The molecule has 1 aromatic carbocycles. The third-order valence-corrected chi connectivity index (χ3v) is 3.19. The molecule has 7 nitrogen and oxygen atoms in total. The van der Waals surface area contributed by atoms with Gasteiger partial charge in [-0.25, -0.2) is 5.43 Å². The van der Waals surface area contributed by atoms with Crippen LogP contribution in [-0.2, 0) is 10.1 Å². The molecule has 0 fully saturated rings. The maximum atomic E-state index is 12.9. The first-order valence-electron chi connectivity index (χ1n) is 5.17. The second-order valence-corrected chi connectivity index (χ2v) is 5.19. The minimum atomic E-state index is -4.24. The Morgan fingerprint density at radius 3 is 2.79 bits per heavy atom. The van der Waals surface area contributed by atoms with Crippen molar-refractivity contribution in [3.63, 3.8) is 0 Å². The van der Waals surface area contributed by atoms with Gasteiger partial charge in [-0.2, -0.15) is 12.8 Å². The lowest BCUT2D eigenvalue weighted by atomic mass is 10.2. The maximum Gasteiger partial charge on any atom is 0.294 e. The van der Waals surface area contributed by atoms with E-state index >= 15 is 0 Å². The Hall–Kier alpha value is -2.13.